The van der Waals surface area contributed by atoms with E-state index >= 15 is 0 Å². The van der Waals surface area contributed by atoms with Crippen LogP contribution in [0.2, 0.25) is 0 Å². The van der Waals surface area contributed by atoms with E-state index < -0.39 is 0 Å². The number of nitrogens with zero attached hydrogens (tertiary/aromatic N) is 2. The monoisotopic (exact) mass is 318 g/mol. The summed E-state index contributed by atoms with van der Waals surface area (Å²) in [6, 6.07) is 22.7. The van der Waals surface area contributed by atoms with Crippen LogP contribution >= 0.6 is 0 Å². The second-order valence-corrected chi connectivity index (χ2v) is 5.51. The molecule has 0 atom stereocenters. The van der Waals surface area contributed by atoms with Gasteiger partial charge in [0, 0.05) is 19.3 Å². The molecule has 0 N–H and O–H groups in total. The number of hydrogen-bond donors (Lipinski definition) is 0. The zero-order valence-electron chi connectivity index (χ0n) is 13.3. The molecule has 0 saturated carbocycles. The molecule has 0 unspecified atom stereocenters. The highest BCUT2D eigenvalue weighted by atomic mass is 19.1. The number of rotatable bonds is 6. The topological polar surface area (TPSA) is 16.1 Å². The number of benzene rings is 2. The van der Waals surface area contributed by atoms with Crippen LogP contribution in [0.3, 0.4) is 0 Å². The maximum absolute atomic E-state index is 13.1. The summed E-state index contributed by atoms with van der Waals surface area (Å²) in [7, 11) is 0. The Labute approximate surface area is 141 Å². The van der Waals surface area contributed by atoms with Crippen LogP contribution in [0.1, 0.15) is 11.1 Å². The van der Waals surface area contributed by atoms with Crippen LogP contribution in [0.4, 0.5) is 10.2 Å². The van der Waals surface area contributed by atoms with Crippen molar-refractivity contribution in [2.24, 2.45) is 0 Å². The minimum atomic E-state index is -0.216. The molecular formula is C21H19FN2. The summed E-state index contributed by atoms with van der Waals surface area (Å²) in [5, 5.41) is 0. The molecule has 3 aromatic rings. The summed E-state index contributed by atoms with van der Waals surface area (Å²) < 4.78 is 13.1. The number of anilines is 1. The highest BCUT2D eigenvalue weighted by Gasteiger charge is 2.07. The van der Waals surface area contributed by atoms with Crippen LogP contribution in [-0.2, 0) is 6.54 Å². The molecule has 0 amide bonds. The Morgan fingerprint density at radius 1 is 0.875 bits per heavy atom. The Hall–Kier alpha value is -2.94. The second kappa shape index (κ2) is 8.06. The van der Waals surface area contributed by atoms with Crippen molar-refractivity contribution in [2.45, 2.75) is 6.54 Å². The van der Waals surface area contributed by atoms with Gasteiger partial charge in [0.1, 0.15) is 11.6 Å². The first kappa shape index (κ1) is 15.9. The fraction of sp³-hybridized carbons (Fsp3) is 0.0952. The average molecular weight is 318 g/mol. The molecule has 120 valence electrons. The van der Waals surface area contributed by atoms with Gasteiger partial charge in [-0.15, -0.1) is 0 Å². The van der Waals surface area contributed by atoms with Crippen molar-refractivity contribution in [3.05, 3.63) is 102 Å². The van der Waals surface area contributed by atoms with Gasteiger partial charge in [0.25, 0.3) is 0 Å². The zero-order chi connectivity index (χ0) is 16.6. The van der Waals surface area contributed by atoms with Crippen molar-refractivity contribution in [2.75, 3.05) is 11.4 Å². The Bertz CT molecular complexity index is 768. The summed E-state index contributed by atoms with van der Waals surface area (Å²) in [5.41, 5.74) is 2.22. The smallest absolute Gasteiger partial charge is 0.129 e. The minimum absolute atomic E-state index is 0.216. The molecule has 0 saturated heterocycles. The fourth-order valence-corrected chi connectivity index (χ4v) is 2.47. The van der Waals surface area contributed by atoms with E-state index in [0.717, 1.165) is 17.9 Å². The van der Waals surface area contributed by atoms with Crippen LogP contribution in [0.5, 0.6) is 0 Å². The summed E-state index contributed by atoms with van der Waals surface area (Å²) >= 11 is 0. The van der Waals surface area contributed by atoms with Crippen LogP contribution < -0.4 is 4.90 Å². The molecule has 0 spiro atoms. The van der Waals surface area contributed by atoms with Crippen molar-refractivity contribution < 1.29 is 4.39 Å². The number of halogens is 1. The lowest BCUT2D eigenvalue weighted by Crippen LogP contribution is -2.23. The van der Waals surface area contributed by atoms with Crippen molar-refractivity contribution in [1.82, 2.24) is 4.98 Å². The number of hydrogen-bond acceptors (Lipinski definition) is 2. The molecule has 1 aromatic heterocycles. The van der Waals surface area contributed by atoms with Gasteiger partial charge in [-0.25, -0.2) is 9.37 Å². The Kier molecular flexibility index (Phi) is 5.36. The molecule has 0 bridgehead atoms. The van der Waals surface area contributed by atoms with E-state index in [4.69, 9.17) is 0 Å². The van der Waals surface area contributed by atoms with Crippen molar-refractivity contribution >= 4 is 11.9 Å². The van der Waals surface area contributed by atoms with Gasteiger partial charge in [0.05, 0.1) is 0 Å². The standard InChI is InChI=1S/C21H19FN2/c22-20-13-11-19(12-14-20)17-24(21-10-4-5-15-23-21)16-6-9-18-7-2-1-3-8-18/h1-15H,16-17H2/b9-6+. The summed E-state index contributed by atoms with van der Waals surface area (Å²) in [6.45, 7) is 1.40. The predicted molar refractivity (Wildman–Crippen MR) is 97.2 cm³/mol. The first-order chi connectivity index (χ1) is 11.8. The lowest BCUT2D eigenvalue weighted by Gasteiger charge is -2.22. The molecule has 0 fully saturated rings. The second-order valence-electron chi connectivity index (χ2n) is 5.51. The molecule has 0 aliphatic heterocycles. The lowest BCUT2D eigenvalue weighted by atomic mass is 10.2. The van der Waals surface area contributed by atoms with E-state index in [1.165, 1.54) is 17.7 Å². The zero-order valence-corrected chi connectivity index (χ0v) is 13.3. The van der Waals surface area contributed by atoms with Gasteiger partial charge in [-0.1, -0.05) is 60.7 Å². The van der Waals surface area contributed by atoms with E-state index in [-0.39, 0.29) is 5.82 Å². The predicted octanol–water partition coefficient (Wildman–Crippen LogP) is 4.94. The normalized spacial score (nSPS) is 10.9. The quantitative estimate of drug-likeness (QED) is 0.640. The van der Waals surface area contributed by atoms with Crippen LogP contribution in [0.25, 0.3) is 6.08 Å². The summed E-state index contributed by atoms with van der Waals surface area (Å²) in [6.07, 6.45) is 6.00. The van der Waals surface area contributed by atoms with Crippen molar-refractivity contribution in [3.8, 4) is 0 Å². The third kappa shape index (κ3) is 4.53. The molecule has 0 aliphatic rings. The van der Waals surface area contributed by atoms with E-state index in [1.807, 2.05) is 48.5 Å². The van der Waals surface area contributed by atoms with Gasteiger partial charge >= 0.3 is 0 Å². The van der Waals surface area contributed by atoms with E-state index in [0.29, 0.717) is 6.54 Å². The molecule has 2 nitrogen and oxygen atoms in total. The van der Waals surface area contributed by atoms with E-state index in [1.54, 1.807) is 6.20 Å². The SMILES string of the molecule is Fc1ccc(CN(C/C=C/c2ccccc2)c2ccccn2)cc1. The molecule has 0 radical (unpaired) electrons. The molecule has 3 heteroatoms. The molecular weight excluding hydrogens is 299 g/mol. The van der Waals surface area contributed by atoms with E-state index in [2.05, 4.69) is 34.2 Å². The molecule has 2 aromatic carbocycles. The third-order valence-corrected chi connectivity index (χ3v) is 3.70. The van der Waals surface area contributed by atoms with Gasteiger partial charge in [0.15, 0.2) is 0 Å². The summed E-state index contributed by atoms with van der Waals surface area (Å²) in [4.78, 5) is 6.60. The van der Waals surface area contributed by atoms with Gasteiger partial charge in [0.2, 0.25) is 0 Å². The first-order valence-electron chi connectivity index (χ1n) is 7.93. The largest absolute Gasteiger partial charge is 0.349 e. The van der Waals surface area contributed by atoms with Gasteiger partial charge in [-0.2, -0.15) is 0 Å². The van der Waals surface area contributed by atoms with Crippen molar-refractivity contribution in [3.63, 3.8) is 0 Å². The highest BCUT2D eigenvalue weighted by Crippen LogP contribution is 2.15. The van der Waals surface area contributed by atoms with Crippen LogP contribution in [-0.4, -0.2) is 11.5 Å². The third-order valence-electron chi connectivity index (χ3n) is 3.70. The molecule has 1 heterocycles. The highest BCUT2D eigenvalue weighted by molar-refractivity contribution is 5.50. The maximum atomic E-state index is 13.1. The van der Waals surface area contributed by atoms with Gasteiger partial charge in [-0.3, -0.25) is 0 Å². The first-order valence-corrected chi connectivity index (χ1v) is 7.93. The Morgan fingerprint density at radius 2 is 1.62 bits per heavy atom. The number of aromatic nitrogens is 1. The maximum Gasteiger partial charge on any atom is 0.129 e. The summed E-state index contributed by atoms with van der Waals surface area (Å²) in [5.74, 6) is 0.687. The van der Waals surface area contributed by atoms with Crippen LogP contribution in [0, 0.1) is 5.82 Å². The Balaban J connectivity index is 1.75. The van der Waals surface area contributed by atoms with E-state index in [9.17, 15) is 4.39 Å². The lowest BCUT2D eigenvalue weighted by molar-refractivity contribution is 0.626. The van der Waals surface area contributed by atoms with Crippen molar-refractivity contribution in [1.29, 1.82) is 0 Å². The molecule has 0 aliphatic carbocycles. The van der Waals surface area contributed by atoms with Gasteiger partial charge in [-0.05, 0) is 35.4 Å². The van der Waals surface area contributed by atoms with Crippen LogP contribution in [0.15, 0.2) is 85.1 Å². The number of pyridine rings is 1. The fourth-order valence-electron chi connectivity index (χ4n) is 2.47. The Morgan fingerprint density at radius 3 is 2.33 bits per heavy atom. The minimum Gasteiger partial charge on any atom is -0.349 e. The molecule has 24 heavy (non-hydrogen) atoms. The average Bonchev–Trinajstić information content (AvgIpc) is 2.64. The molecule has 3 rings (SSSR count). The van der Waals surface area contributed by atoms with Gasteiger partial charge < -0.3 is 4.90 Å².